The largest absolute Gasteiger partial charge is 0.370 e. The fraction of sp³-hybridized carbons (Fsp3) is 0.800. The molecule has 0 aromatic carbocycles. The Morgan fingerprint density at radius 2 is 2.26 bits per heavy atom. The summed E-state index contributed by atoms with van der Waals surface area (Å²) in [6, 6.07) is 1.97. The molecule has 1 aromatic heterocycles. The van der Waals surface area contributed by atoms with Gasteiger partial charge in [0, 0.05) is 12.6 Å². The second-order valence-electron chi connectivity index (χ2n) is 6.66. The van der Waals surface area contributed by atoms with E-state index in [-0.39, 0.29) is 0 Å². The van der Waals surface area contributed by atoms with E-state index in [1.165, 1.54) is 6.42 Å². The van der Waals surface area contributed by atoms with Crippen LogP contribution in [0.3, 0.4) is 0 Å². The Hall–Kier alpha value is -0.870. The lowest BCUT2D eigenvalue weighted by Gasteiger charge is -2.38. The van der Waals surface area contributed by atoms with Crippen molar-refractivity contribution in [2.45, 2.75) is 59.3 Å². The predicted molar refractivity (Wildman–Crippen MR) is 74.6 cm³/mol. The highest BCUT2D eigenvalue weighted by Crippen LogP contribution is 2.39. The van der Waals surface area contributed by atoms with Gasteiger partial charge in [0.15, 0.2) is 5.76 Å². The van der Waals surface area contributed by atoms with Gasteiger partial charge in [0.05, 0.1) is 11.8 Å². The standard InChI is InChI=1S/C15H26N2O2/c1-11-5-13(8-15(2,3)7-11)18-10-14-6-12(9-16-4)17-19-14/h6,11,13,16H,5,7-10H2,1-4H3. The Balaban J connectivity index is 1.84. The summed E-state index contributed by atoms with van der Waals surface area (Å²) in [7, 11) is 1.90. The van der Waals surface area contributed by atoms with Crippen molar-refractivity contribution in [1.29, 1.82) is 0 Å². The number of rotatable bonds is 5. The van der Waals surface area contributed by atoms with Crippen LogP contribution in [0.25, 0.3) is 0 Å². The summed E-state index contributed by atoms with van der Waals surface area (Å²) in [6.07, 6.45) is 3.92. The van der Waals surface area contributed by atoms with Crippen LogP contribution in [0.2, 0.25) is 0 Å². The molecule has 2 unspecified atom stereocenters. The summed E-state index contributed by atoms with van der Waals surface area (Å²) >= 11 is 0. The highest BCUT2D eigenvalue weighted by atomic mass is 16.5. The molecule has 0 saturated heterocycles. The SMILES string of the molecule is CNCc1cc(COC2CC(C)CC(C)(C)C2)on1. The van der Waals surface area contributed by atoms with E-state index < -0.39 is 0 Å². The average Bonchev–Trinajstić information content (AvgIpc) is 2.72. The van der Waals surface area contributed by atoms with E-state index in [0.717, 1.165) is 36.8 Å². The maximum atomic E-state index is 6.01. The van der Waals surface area contributed by atoms with Crippen LogP contribution in [0.4, 0.5) is 0 Å². The van der Waals surface area contributed by atoms with Crippen LogP contribution >= 0.6 is 0 Å². The molecular formula is C15H26N2O2. The third kappa shape index (κ3) is 4.32. The molecule has 2 rings (SSSR count). The predicted octanol–water partition coefficient (Wildman–Crippen LogP) is 3.13. The van der Waals surface area contributed by atoms with Crippen LogP contribution in [0.1, 0.15) is 51.5 Å². The molecule has 0 radical (unpaired) electrons. The Labute approximate surface area is 115 Å². The summed E-state index contributed by atoms with van der Waals surface area (Å²) in [4.78, 5) is 0. The lowest BCUT2D eigenvalue weighted by molar-refractivity contribution is -0.0380. The molecule has 0 amide bonds. The Bertz CT molecular complexity index is 401. The van der Waals surface area contributed by atoms with Crippen molar-refractivity contribution in [3.8, 4) is 0 Å². The van der Waals surface area contributed by atoms with Crippen LogP contribution in [-0.2, 0) is 17.9 Å². The Morgan fingerprint density at radius 3 is 2.95 bits per heavy atom. The van der Waals surface area contributed by atoms with E-state index in [0.29, 0.717) is 18.1 Å². The van der Waals surface area contributed by atoms with E-state index in [1.807, 2.05) is 13.1 Å². The van der Waals surface area contributed by atoms with Gasteiger partial charge in [-0.25, -0.2) is 0 Å². The third-order valence-corrected chi connectivity index (χ3v) is 3.77. The fourth-order valence-corrected chi connectivity index (χ4v) is 3.27. The zero-order valence-electron chi connectivity index (χ0n) is 12.5. The van der Waals surface area contributed by atoms with Gasteiger partial charge in [-0.15, -0.1) is 0 Å². The second kappa shape index (κ2) is 6.06. The van der Waals surface area contributed by atoms with Gasteiger partial charge in [-0.3, -0.25) is 0 Å². The van der Waals surface area contributed by atoms with Gasteiger partial charge >= 0.3 is 0 Å². The first-order valence-corrected chi connectivity index (χ1v) is 7.19. The number of hydrogen-bond acceptors (Lipinski definition) is 4. The molecule has 1 aliphatic carbocycles. The molecule has 1 N–H and O–H groups in total. The van der Waals surface area contributed by atoms with E-state index in [4.69, 9.17) is 9.26 Å². The van der Waals surface area contributed by atoms with Gasteiger partial charge in [-0.1, -0.05) is 25.9 Å². The summed E-state index contributed by atoms with van der Waals surface area (Å²) in [5, 5.41) is 7.05. The van der Waals surface area contributed by atoms with Crippen molar-refractivity contribution in [3.05, 3.63) is 17.5 Å². The van der Waals surface area contributed by atoms with Crippen molar-refractivity contribution >= 4 is 0 Å². The molecule has 1 aromatic rings. The van der Waals surface area contributed by atoms with Crippen LogP contribution in [0.5, 0.6) is 0 Å². The number of nitrogens with one attached hydrogen (secondary N) is 1. The molecule has 1 fully saturated rings. The highest BCUT2D eigenvalue weighted by molar-refractivity contribution is 5.04. The third-order valence-electron chi connectivity index (χ3n) is 3.77. The van der Waals surface area contributed by atoms with Crippen molar-refractivity contribution in [2.24, 2.45) is 11.3 Å². The lowest BCUT2D eigenvalue weighted by atomic mass is 9.71. The van der Waals surface area contributed by atoms with Gasteiger partial charge in [0.2, 0.25) is 0 Å². The number of nitrogens with zero attached hydrogens (tertiary/aromatic N) is 1. The minimum atomic E-state index is 0.344. The zero-order chi connectivity index (χ0) is 13.9. The first-order valence-electron chi connectivity index (χ1n) is 7.19. The van der Waals surface area contributed by atoms with Crippen LogP contribution in [-0.4, -0.2) is 18.3 Å². The van der Waals surface area contributed by atoms with E-state index >= 15 is 0 Å². The fourth-order valence-electron chi connectivity index (χ4n) is 3.27. The smallest absolute Gasteiger partial charge is 0.162 e. The average molecular weight is 266 g/mol. The summed E-state index contributed by atoms with van der Waals surface area (Å²) in [5.74, 6) is 1.56. The number of ether oxygens (including phenoxy) is 1. The van der Waals surface area contributed by atoms with Crippen molar-refractivity contribution in [2.75, 3.05) is 7.05 Å². The first kappa shape index (κ1) is 14.5. The molecule has 4 nitrogen and oxygen atoms in total. The molecule has 0 aliphatic heterocycles. The van der Waals surface area contributed by atoms with E-state index in [9.17, 15) is 0 Å². The second-order valence-corrected chi connectivity index (χ2v) is 6.66. The molecule has 108 valence electrons. The van der Waals surface area contributed by atoms with Gasteiger partial charge in [-0.2, -0.15) is 0 Å². The van der Waals surface area contributed by atoms with E-state index in [1.54, 1.807) is 0 Å². The molecule has 19 heavy (non-hydrogen) atoms. The summed E-state index contributed by atoms with van der Waals surface area (Å²) < 4.78 is 11.3. The van der Waals surface area contributed by atoms with Gasteiger partial charge < -0.3 is 14.6 Å². The van der Waals surface area contributed by atoms with Crippen LogP contribution in [0, 0.1) is 11.3 Å². The molecule has 2 atom stereocenters. The van der Waals surface area contributed by atoms with E-state index in [2.05, 4.69) is 31.2 Å². The lowest BCUT2D eigenvalue weighted by Crippen LogP contribution is -2.32. The Kier molecular flexibility index (Phi) is 4.63. The maximum absolute atomic E-state index is 6.01. The summed E-state index contributed by atoms with van der Waals surface area (Å²) in [6.45, 7) is 8.24. The van der Waals surface area contributed by atoms with Gasteiger partial charge in [0.25, 0.3) is 0 Å². The van der Waals surface area contributed by atoms with Crippen LogP contribution < -0.4 is 5.32 Å². The molecule has 1 saturated carbocycles. The first-order chi connectivity index (χ1) is 8.98. The quantitative estimate of drug-likeness (QED) is 0.889. The van der Waals surface area contributed by atoms with Gasteiger partial charge in [-0.05, 0) is 37.6 Å². The molecular weight excluding hydrogens is 240 g/mol. The minimum Gasteiger partial charge on any atom is -0.370 e. The normalized spacial score (nSPS) is 26.5. The summed E-state index contributed by atoms with van der Waals surface area (Å²) in [5.41, 5.74) is 1.32. The van der Waals surface area contributed by atoms with Crippen molar-refractivity contribution in [3.63, 3.8) is 0 Å². The van der Waals surface area contributed by atoms with Crippen molar-refractivity contribution in [1.82, 2.24) is 10.5 Å². The topological polar surface area (TPSA) is 47.3 Å². The maximum Gasteiger partial charge on any atom is 0.162 e. The monoisotopic (exact) mass is 266 g/mol. The van der Waals surface area contributed by atoms with Crippen molar-refractivity contribution < 1.29 is 9.26 Å². The van der Waals surface area contributed by atoms with Gasteiger partial charge in [0.1, 0.15) is 6.61 Å². The zero-order valence-corrected chi connectivity index (χ0v) is 12.5. The van der Waals surface area contributed by atoms with Crippen LogP contribution in [0.15, 0.2) is 10.6 Å². The molecule has 1 aliphatic rings. The molecule has 1 heterocycles. The minimum absolute atomic E-state index is 0.344. The molecule has 0 bridgehead atoms. The number of hydrogen-bond donors (Lipinski definition) is 1. The molecule has 4 heteroatoms. The molecule has 0 spiro atoms. The Morgan fingerprint density at radius 1 is 1.47 bits per heavy atom. The highest BCUT2D eigenvalue weighted by Gasteiger charge is 2.32. The number of aromatic nitrogens is 1.